The van der Waals surface area contributed by atoms with Crippen LogP contribution in [0.5, 0.6) is 0 Å². The summed E-state index contributed by atoms with van der Waals surface area (Å²) in [7, 11) is 0. The van der Waals surface area contributed by atoms with Crippen LogP contribution >= 0.6 is 0 Å². The predicted octanol–water partition coefficient (Wildman–Crippen LogP) is 2.35. The van der Waals surface area contributed by atoms with Gasteiger partial charge in [-0.05, 0) is 30.4 Å². The van der Waals surface area contributed by atoms with Crippen molar-refractivity contribution in [3.63, 3.8) is 0 Å². The van der Waals surface area contributed by atoms with Gasteiger partial charge in [-0.1, -0.05) is 19.9 Å². The van der Waals surface area contributed by atoms with E-state index in [2.05, 4.69) is 30.2 Å². The molecule has 2 heterocycles. The lowest BCUT2D eigenvalue weighted by Crippen LogP contribution is -2.26. The van der Waals surface area contributed by atoms with Crippen LogP contribution in [0.1, 0.15) is 48.7 Å². The molecule has 2 aromatic rings. The van der Waals surface area contributed by atoms with Crippen molar-refractivity contribution < 1.29 is 4.79 Å². The first-order chi connectivity index (χ1) is 8.65. The van der Waals surface area contributed by atoms with Crippen molar-refractivity contribution in [2.24, 2.45) is 0 Å². The Morgan fingerprint density at radius 1 is 1.44 bits per heavy atom. The number of imidazole rings is 1. The molecule has 1 amide bonds. The van der Waals surface area contributed by atoms with E-state index in [9.17, 15) is 4.79 Å². The predicted molar refractivity (Wildman–Crippen MR) is 69.8 cm³/mol. The van der Waals surface area contributed by atoms with Gasteiger partial charge in [-0.25, -0.2) is 4.98 Å². The monoisotopic (exact) mass is 243 g/mol. The molecule has 0 aliphatic heterocycles. The fourth-order valence-corrected chi connectivity index (χ4v) is 1.99. The number of rotatable bonds is 3. The van der Waals surface area contributed by atoms with Gasteiger partial charge in [0.15, 0.2) is 0 Å². The fraction of sp³-hybridized carbons (Fsp3) is 0.429. The Hall–Kier alpha value is -1.84. The van der Waals surface area contributed by atoms with E-state index in [0.717, 1.165) is 18.5 Å². The Kier molecular flexibility index (Phi) is 2.58. The number of fused-ring (bicyclic) bond motifs is 1. The number of hydrogen-bond donors (Lipinski definition) is 1. The van der Waals surface area contributed by atoms with Gasteiger partial charge in [-0.3, -0.25) is 9.20 Å². The average molecular weight is 243 g/mol. The van der Waals surface area contributed by atoms with Crippen molar-refractivity contribution in [1.29, 1.82) is 0 Å². The van der Waals surface area contributed by atoms with Crippen molar-refractivity contribution in [1.82, 2.24) is 14.7 Å². The second-order valence-electron chi connectivity index (χ2n) is 5.24. The normalized spacial score (nSPS) is 15.3. The molecule has 0 atom stereocenters. The quantitative estimate of drug-likeness (QED) is 0.899. The SMILES string of the molecule is CC(C)c1ccc2ncc(C(=O)NC3CC3)n2c1. The molecule has 0 saturated heterocycles. The lowest BCUT2D eigenvalue weighted by molar-refractivity contribution is 0.0945. The zero-order valence-corrected chi connectivity index (χ0v) is 10.7. The number of carbonyl (C=O) groups excluding carboxylic acids is 1. The molecular weight excluding hydrogens is 226 g/mol. The van der Waals surface area contributed by atoms with Crippen LogP contribution in [-0.2, 0) is 0 Å². The van der Waals surface area contributed by atoms with Crippen LogP contribution in [0.4, 0.5) is 0 Å². The Bertz CT molecular complexity index is 596. The van der Waals surface area contributed by atoms with Gasteiger partial charge >= 0.3 is 0 Å². The molecule has 4 nitrogen and oxygen atoms in total. The van der Waals surface area contributed by atoms with Gasteiger partial charge in [0.25, 0.3) is 5.91 Å². The van der Waals surface area contributed by atoms with E-state index >= 15 is 0 Å². The molecule has 94 valence electrons. The number of nitrogens with one attached hydrogen (secondary N) is 1. The molecule has 0 aromatic carbocycles. The van der Waals surface area contributed by atoms with Gasteiger partial charge in [0.2, 0.25) is 0 Å². The summed E-state index contributed by atoms with van der Waals surface area (Å²) >= 11 is 0. The first-order valence-electron chi connectivity index (χ1n) is 6.43. The highest BCUT2D eigenvalue weighted by Crippen LogP contribution is 2.20. The molecule has 2 aromatic heterocycles. The Balaban J connectivity index is 2.00. The molecule has 0 radical (unpaired) electrons. The van der Waals surface area contributed by atoms with Gasteiger partial charge in [0.1, 0.15) is 11.3 Å². The highest BCUT2D eigenvalue weighted by molar-refractivity contribution is 5.93. The third kappa shape index (κ3) is 1.98. The maximum atomic E-state index is 12.1. The van der Waals surface area contributed by atoms with Gasteiger partial charge in [0, 0.05) is 12.2 Å². The minimum absolute atomic E-state index is 0.0223. The van der Waals surface area contributed by atoms with E-state index in [-0.39, 0.29) is 5.91 Å². The lowest BCUT2D eigenvalue weighted by Gasteiger charge is -2.07. The molecule has 1 saturated carbocycles. The fourth-order valence-electron chi connectivity index (χ4n) is 1.99. The molecular formula is C14H17N3O. The lowest BCUT2D eigenvalue weighted by atomic mass is 10.1. The second kappa shape index (κ2) is 4.12. The molecule has 0 bridgehead atoms. The summed E-state index contributed by atoms with van der Waals surface area (Å²) < 4.78 is 1.88. The van der Waals surface area contributed by atoms with Crippen molar-refractivity contribution in [3.8, 4) is 0 Å². The molecule has 4 heteroatoms. The van der Waals surface area contributed by atoms with Gasteiger partial charge in [-0.15, -0.1) is 0 Å². The summed E-state index contributed by atoms with van der Waals surface area (Å²) in [5.41, 5.74) is 2.65. The van der Waals surface area contributed by atoms with Crippen LogP contribution < -0.4 is 5.32 Å². The van der Waals surface area contributed by atoms with Crippen molar-refractivity contribution in [3.05, 3.63) is 35.8 Å². The first-order valence-corrected chi connectivity index (χ1v) is 6.43. The molecule has 1 aliphatic rings. The topological polar surface area (TPSA) is 46.4 Å². The van der Waals surface area contributed by atoms with E-state index in [1.807, 2.05) is 16.7 Å². The largest absolute Gasteiger partial charge is 0.348 e. The minimum Gasteiger partial charge on any atom is -0.348 e. The highest BCUT2D eigenvalue weighted by Gasteiger charge is 2.25. The van der Waals surface area contributed by atoms with Gasteiger partial charge in [0.05, 0.1) is 6.20 Å². The van der Waals surface area contributed by atoms with E-state index in [0.29, 0.717) is 17.7 Å². The zero-order valence-electron chi connectivity index (χ0n) is 10.7. The van der Waals surface area contributed by atoms with Gasteiger partial charge in [-0.2, -0.15) is 0 Å². The van der Waals surface area contributed by atoms with Crippen molar-refractivity contribution in [2.45, 2.75) is 38.6 Å². The summed E-state index contributed by atoms with van der Waals surface area (Å²) in [6.07, 6.45) is 5.85. The Labute approximate surface area is 106 Å². The van der Waals surface area contributed by atoms with Gasteiger partial charge < -0.3 is 5.32 Å². The van der Waals surface area contributed by atoms with Crippen LogP contribution in [0.25, 0.3) is 5.65 Å². The third-order valence-electron chi connectivity index (χ3n) is 3.34. The van der Waals surface area contributed by atoms with E-state index in [1.54, 1.807) is 6.20 Å². The van der Waals surface area contributed by atoms with E-state index < -0.39 is 0 Å². The average Bonchev–Trinajstić information content (AvgIpc) is 3.05. The number of nitrogens with zero attached hydrogens (tertiary/aromatic N) is 2. The second-order valence-corrected chi connectivity index (χ2v) is 5.24. The zero-order chi connectivity index (χ0) is 12.7. The highest BCUT2D eigenvalue weighted by atomic mass is 16.2. The number of carbonyl (C=O) groups is 1. The first kappa shape index (κ1) is 11.3. The van der Waals surface area contributed by atoms with Crippen molar-refractivity contribution >= 4 is 11.6 Å². The molecule has 1 aliphatic carbocycles. The summed E-state index contributed by atoms with van der Waals surface area (Å²) in [4.78, 5) is 16.3. The molecule has 0 spiro atoms. The smallest absolute Gasteiger partial charge is 0.270 e. The van der Waals surface area contributed by atoms with E-state index in [4.69, 9.17) is 0 Å². The van der Waals surface area contributed by atoms with Crippen LogP contribution in [0, 0.1) is 0 Å². The maximum absolute atomic E-state index is 12.1. The number of hydrogen-bond acceptors (Lipinski definition) is 2. The molecule has 1 fully saturated rings. The summed E-state index contributed by atoms with van der Waals surface area (Å²) in [6.45, 7) is 4.28. The van der Waals surface area contributed by atoms with Crippen LogP contribution in [0.2, 0.25) is 0 Å². The van der Waals surface area contributed by atoms with Crippen LogP contribution in [0.15, 0.2) is 24.5 Å². The standard InChI is InChI=1S/C14H17N3O/c1-9(2)10-3-6-13-15-7-12(17(13)8-10)14(18)16-11-4-5-11/h3,6-9,11H,4-5H2,1-2H3,(H,16,18). The minimum atomic E-state index is -0.0223. The van der Waals surface area contributed by atoms with Crippen LogP contribution in [-0.4, -0.2) is 21.3 Å². The number of pyridine rings is 1. The Morgan fingerprint density at radius 2 is 2.22 bits per heavy atom. The van der Waals surface area contributed by atoms with E-state index in [1.165, 1.54) is 5.56 Å². The Morgan fingerprint density at radius 3 is 2.89 bits per heavy atom. The number of amides is 1. The molecule has 3 rings (SSSR count). The van der Waals surface area contributed by atoms with Crippen molar-refractivity contribution in [2.75, 3.05) is 0 Å². The summed E-state index contributed by atoms with van der Waals surface area (Å²) in [5.74, 6) is 0.419. The molecule has 18 heavy (non-hydrogen) atoms. The number of aromatic nitrogens is 2. The summed E-state index contributed by atoms with van der Waals surface area (Å²) in [6, 6.07) is 4.40. The van der Waals surface area contributed by atoms with Crippen LogP contribution in [0.3, 0.4) is 0 Å². The molecule has 1 N–H and O–H groups in total. The maximum Gasteiger partial charge on any atom is 0.270 e. The third-order valence-corrected chi connectivity index (χ3v) is 3.34. The summed E-state index contributed by atoms with van der Waals surface area (Å²) in [5, 5.41) is 3.00. The molecule has 0 unspecified atom stereocenters.